The van der Waals surface area contributed by atoms with Crippen molar-refractivity contribution in [3.63, 3.8) is 0 Å². The zero-order valence-corrected chi connectivity index (χ0v) is 15.6. The van der Waals surface area contributed by atoms with Crippen LogP contribution in [0, 0.1) is 5.82 Å². The summed E-state index contributed by atoms with van der Waals surface area (Å²) in [7, 11) is 3.33. The summed E-state index contributed by atoms with van der Waals surface area (Å²) in [5, 5.41) is 13.8. The maximum absolute atomic E-state index is 14.1. The number of benzene rings is 1. The van der Waals surface area contributed by atoms with Crippen molar-refractivity contribution in [2.45, 2.75) is 25.9 Å². The summed E-state index contributed by atoms with van der Waals surface area (Å²) in [4.78, 5) is 20.9. The second-order valence-electron chi connectivity index (χ2n) is 6.45. The molecule has 2 N–H and O–H groups in total. The number of fused-ring (bicyclic) bond motifs is 1. The zero-order chi connectivity index (χ0) is 21.5. The second-order valence-corrected chi connectivity index (χ2v) is 6.45. The lowest BCUT2D eigenvalue weighted by Gasteiger charge is -2.16. The Kier molecular flexibility index (Phi) is 5.22. The number of hydrogen-bond acceptors (Lipinski definition) is 6. The van der Waals surface area contributed by atoms with Gasteiger partial charge in [-0.1, -0.05) is 6.07 Å². The Hall–Kier alpha value is -3.15. The van der Waals surface area contributed by atoms with Crippen LogP contribution in [0.25, 0.3) is 11.0 Å². The van der Waals surface area contributed by atoms with Crippen LogP contribution >= 0.6 is 0 Å². The number of aromatic nitrogens is 4. The molecular formula is C17H17F4N5O3. The van der Waals surface area contributed by atoms with Crippen LogP contribution in [0.2, 0.25) is 0 Å². The highest BCUT2D eigenvalue weighted by atomic mass is 19.4. The van der Waals surface area contributed by atoms with Crippen molar-refractivity contribution in [3.05, 3.63) is 45.6 Å². The number of alkyl halides is 3. The molecule has 0 saturated heterocycles. The van der Waals surface area contributed by atoms with Gasteiger partial charge in [0.15, 0.2) is 17.2 Å². The molecule has 0 aliphatic heterocycles. The number of nitrogens with zero attached hydrogens (tertiary/aromatic N) is 4. The van der Waals surface area contributed by atoms with Gasteiger partial charge in [0.05, 0.1) is 12.6 Å². The monoisotopic (exact) mass is 415 g/mol. The summed E-state index contributed by atoms with van der Waals surface area (Å²) < 4.78 is 56.0. The van der Waals surface area contributed by atoms with Gasteiger partial charge in [0.25, 0.3) is 5.56 Å². The van der Waals surface area contributed by atoms with Gasteiger partial charge in [-0.15, -0.1) is 13.2 Å². The predicted octanol–water partition coefficient (Wildman–Crippen LogP) is 2.32. The Balaban J connectivity index is 2.10. The van der Waals surface area contributed by atoms with Crippen molar-refractivity contribution in [3.8, 4) is 5.75 Å². The van der Waals surface area contributed by atoms with Gasteiger partial charge in [0.1, 0.15) is 11.1 Å². The summed E-state index contributed by atoms with van der Waals surface area (Å²) in [6.45, 7) is 1.07. The third-order valence-corrected chi connectivity index (χ3v) is 4.23. The number of nitrogens with one attached hydrogen (secondary N) is 1. The normalized spacial score (nSPS) is 13.0. The van der Waals surface area contributed by atoms with Gasteiger partial charge < -0.3 is 14.7 Å². The van der Waals surface area contributed by atoms with Crippen LogP contribution in [0.15, 0.2) is 23.0 Å². The van der Waals surface area contributed by atoms with E-state index in [1.165, 1.54) is 10.7 Å². The van der Waals surface area contributed by atoms with Crippen molar-refractivity contribution in [1.82, 2.24) is 19.7 Å². The third-order valence-electron chi connectivity index (χ3n) is 4.23. The van der Waals surface area contributed by atoms with E-state index < -0.39 is 36.1 Å². The van der Waals surface area contributed by atoms with Gasteiger partial charge >= 0.3 is 6.36 Å². The standard InChI is InChI=1S/C17H17F4N5O3/c1-8(9-4-5-12(10(18)6-9)29-17(19,20)21)26-14-13(11(7-27)24-26)15(28)23-16(22-14)25(2)3/h4-6,8,27H,7H2,1-3H3,(H,22,23,28)/t8-/m0/s1. The second kappa shape index (κ2) is 7.35. The number of rotatable bonds is 5. The Morgan fingerprint density at radius 2 is 2.03 bits per heavy atom. The van der Waals surface area contributed by atoms with E-state index in [1.807, 2.05) is 0 Å². The summed E-state index contributed by atoms with van der Waals surface area (Å²) >= 11 is 0. The molecule has 0 radical (unpaired) electrons. The number of ether oxygens (including phenoxy) is 1. The number of hydrogen-bond donors (Lipinski definition) is 2. The topological polar surface area (TPSA) is 96.3 Å². The molecule has 0 fully saturated rings. The van der Waals surface area contributed by atoms with Gasteiger partial charge in [-0.2, -0.15) is 10.1 Å². The first-order valence-electron chi connectivity index (χ1n) is 8.36. The fourth-order valence-corrected chi connectivity index (χ4v) is 2.82. The van der Waals surface area contributed by atoms with Crippen LogP contribution in [-0.2, 0) is 6.61 Å². The number of aromatic amines is 1. The first kappa shape index (κ1) is 20.6. The minimum Gasteiger partial charge on any atom is -0.403 e. The fourth-order valence-electron chi connectivity index (χ4n) is 2.82. The van der Waals surface area contributed by atoms with Crippen LogP contribution in [0.1, 0.15) is 24.2 Å². The molecule has 0 unspecified atom stereocenters. The Labute approximate surface area is 161 Å². The molecule has 0 spiro atoms. The van der Waals surface area contributed by atoms with Gasteiger partial charge in [-0.25, -0.2) is 9.07 Å². The van der Waals surface area contributed by atoms with E-state index in [1.54, 1.807) is 25.9 Å². The summed E-state index contributed by atoms with van der Waals surface area (Å²) in [6.07, 6.45) is -5.02. The molecule has 0 bridgehead atoms. The van der Waals surface area contributed by atoms with E-state index in [4.69, 9.17) is 0 Å². The number of halogens is 4. The summed E-state index contributed by atoms with van der Waals surface area (Å²) in [6, 6.07) is 2.29. The highest BCUT2D eigenvalue weighted by molar-refractivity contribution is 5.78. The van der Waals surface area contributed by atoms with Crippen molar-refractivity contribution in [2.24, 2.45) is 0 Å². The molecule has 0 aliphatic rings. The quantitative estimate of drug-likeness (QED) is 0.621. The Morgan fingerprint density at radius 1 is 1.34 bits per heavy atom. The van der Waals surface area contributed by atoms with Crippen LogP contribution in [0.4, 0.5) is 23.5 Å². The highest BCUT2D eigenvalue weighted by Gasteiger charge is 2.32. The lowest BCUT2D eigenvalue weighted by Crippen LogP contribution is -2.20. The number of H-pyrrole nitrogens is 1. The molecule has 12 heteroatoms. The molecule has 8 nitrogen and oxygen atoms in total. The van der Waals surface area contributed by atoms with Crippen LogP contribution in [-0.4, -0.2) is 45.3 Å². The molecule has 1 atom stereocenters. The minimum absolute atomic E-state index is 0.0717. The molecule has 156 valence electrons. The van der Waals surface area contributed by atoms with E-state index in [0.29, 0.717) is 0 Å². The summed E-state index contributed by atoms with van der Waals surface area (Å²) in [5.41, 5.74) is -0.0332. The van der Waals surface area contributed by atoms with E-state index in [-0.39, 0.29) is 28.2 Å². The molecule has 2 aromatic heterocycles. The fraction of sp³-hybridized carbons (Fsp3) is 0.353. The zero-order valence-electron chi connectivity index (χ0n) is 15.6. The van der Waals surface area contributed by atoms with E-state index in [0.717, 1.165) is 12.1 Å². The lowest BCUT2D eigenvalue weighted by molar-refractivity contribution is -0.275. The molecule has 0 aliphatic carbocycles. The van der Waals surface area contributed by atoms with Crippen molar-refractivity contribution in [1.29, 1.82) is 0 Å². The minimum atomic E-state index is -5.02. The Bertz CT molecular complexity index is 1110. The van der Waals surface area contributed by atoms with E-state index >= 15 is 0 Å². The smallest absolute Gasteiger partial charge is 0.403 e. The van der Waals surface area contributed by atoms with Crippen LogP contribution < -0.4 is 15.2 Å². The first-order valence-corrected chi connectivity index (χ1v) is 8.36. The predicted molar refractivity (Wildman–Crippen MR) is 95.3 cm³/mol. The Morgan fingerprint density at radius 3 is 2.59 bits per heavy atom. The molecule has 0 saturated carbocycles. The lowest BCUT2D eigenvalue weighted by atomic mass is 10.1. The largest absolute Gasteiger partial charge is 0.573 e. The maximum atomic E-state index is 14.1. The SMILES string of the molecule is C[C@@H](c1ccc(OC(F)(F)F)c(F)c1)n1nc(CO)c2c(=O)[nH]c(N(C)C)nc21. The first-order chi connectivity index (χ1) is 13.5. The molecular weight excluding hydrogens is 398 g/mol. The van der Waals surface area contributed by atoms with Crippen molar-refractivity contribution >= 4 is 17.0 Å². The molecule has 29 heavy (non-hydrogen) atoms. The van der Waals surface area contributed by atoms with E-state index in [9.17, 15) is 27.5 Å². The molecule has 2 heterocycles. The van der Waals surface area contributed by atoms with Crippen molar-refractivity contribution in [2.75, 3.05) is 19.0 Å². The van der Waals surface area contributed by atoms with Gasteiger partial charge in [-0.3, -0.25) is 9.78 Å². The van der Waals surface area contributed by atoms with E-state index in [2.05, 4.69) is 19.8 Å². The average molecular weight is 415 g/mol. The number of anilines is 1. The maximum Gasteiger partial charge on any atom is 0.573 e. The highest BCUT2D eigenvalue weighted by Crippen LogP contribution is 2.30. The molecule has 3 rings (SSSR count). The van der Waals surface area contributed by atoms with Gasteiger partial charge in [0.2, 0.25) is 5.95 Å². The number of aliphatic hydroxyl groups excluding tert-OH is 1. The number of aliphatic hydroxyl groups is 1. The molecule has 0 amide bonds. The molecule has 3 aromatic rings. The van der Waals surface area contributed by atoms with Crippen LogP contribution in [0.3, 0.4) is 0 Å². The summed E-state index contributed by atoms with van der Waals surface area (Å²) in [5.74, 6) is -1.93. The van der Waals surface area contributed by atoms with Crippen molar-refractivity contribution < 1.29 is 27.4 Å². The average Bonchev–Trinajstić information content (AvgIpc) is 3.01. The van der Waals surface area contributed by atoms with Gasteiger partial charge in [0, 0.05) is 14.1 Å². The molecule has 1 aromatic carbocycles. The third kappa shape index (κ3) is 4.01. The van der Waals surface area contributed by atoms with Gasteiger partial charge in [-0.05, 0) is 24.6 Å². The van der Waals surface area contributed by atoms with Crippen LogP contribution in [0.5, 0.6) is 5.75 Å².